The molecule has 0 spiro atoms. The molecule has 0 aromatic heterocycles. The monoisotopic (exact) mass is 224 g/mol. The summed E-state index contributed by atoms with van der Waals surface area (Å²) >= 11 is 0. The molecule has 3 nitrogen and oxygen atoms in total. The number of carbonyl (C=O) groups is 1. The Balaban J connectivity index is 2.76. The molecule has 0 aliphatic heterocycles. The lowest BCUT2D eigenvalue weighted by molar-refractivity contribution is -0.119. The van der Waals surface area contributed by atoms with Gasteiger partial charge >= 0.3 is 0 Å². The number of anilines is 1. The van der Waals surface area contributed by atoms with Gasteiger partial charge in [0.2, 0.25) is 5.91 Å². The Labute approximate surface area is 94.8 Å². The van der Waals surface area contributed by atoms with E-state index in [4.69, 9.17) is 5.73 Å². The van der Waals surface area contributed by atoms with Crippen LogP contribution in [-0.2, 0) is 4.79 Å². The molecule has 0 aliphatic rings. The van der Waals surface area contributed by atoms with Gasteiger partial charge in [-0.25, -0.2) is 4.39 Å². The van der Waals surface area contributed by atoms with E-state index in [9.17, 15) is 9.18 Å². The third-order valence-corrected chi connectivity index (χ3v) is 2.35. The highest BCUT2D eigenvalue weighted by atomic mass is 19.1. The van der Waals surface area contributed by atoms with Gasteiger partial charge in [-0.15, -0.1) is 0 Å². The molecule has 0 radical (unpaired) electrons. The number of benzene rings is 1. The van der Waals surface area contributed by atoms with Gasteiger partial charge in [0.1, 0.15) is 5.82 Å². The second kappa shape index (κ2) is 4.61. The van der Waals surface area contributed by atoms with E-state index in [-0.39, 0.29) is 17.0 Å². The van der Waals surface area contributed by atoms with E-state index in [0.717, 1.165) is 0 Å². The maximum Gasteiger partial charge on any atom is 0.241 e. The summed E-state index contributed by atoms with van der Waals surface area (Å²) in [6, 6.07) is 5.34. The number of nitrogens with two attached hydrogens (primary N) is 1. The van der Waals surface area contributed by atoms with Crippen molar-refractivity contribution in [1.82, 2.24) is 0 Å². The third-order valence-electron chi connectivity index (χ3n) is 2.35. The molecule has 16 heavy (non-hydrogen) atoms. The van der Waals surface area contributed by atoms with E-state index in [1.807, 2.05) is 20.8 Å². The second-order valence-electron chi connectivity index (χ2n) is 4.81. The van der Waals surface area contributed by atoms with Gasteiger partial charge < -0.3 is 11.1 Å². The van der Waals surface area contributed by atoms with Crippen LogP contribution in [0.1, 0.15) is 20.8 Å². The molecular weight excluding hydrogens is 207 g/mol. The predicted molar refractivity (Wildman–Crippen MR) is 62.5 cm³/mol. The van der Waals surface area contributed by atoms with E-state index < -0.39 is 11.9 Å². The molecule has 0 saturated heterocycles. The van der Waals surface area contributed by atoms with Gasteiger partial charge in [0.15, 0.2) is 0 Å². The maximum atomic E-state index is 13.3. The summed E-state index contributed by atoms with van der Waals surface area (Å²) in [4.78, 5) is 11.7. The summed E-state index contributed by atoms with van der Waals surface area (Å²) in [6.45, 7) is 5.58. The van der Waals surface area contributed by atoms with Crippen LogP contribution in [0.15, 0.2) is 24.3 Å². The quantitative estimate of drug-likeness (QED) is 0.808. The molecule has 1 atom stereocenters. The van der Waals surface area contributed by atoms with Crippen LogP contribution < -0.4 is 11.1 Å². The summed E-state index contributed by atoms with van der Waals surface area (Å²) in [6.07, 6.45) is 0. The second-order valence-corrected chi connectivity index (χ2v) is 4.81. The summed E-state index contributed by atoms with van der Waals surface area (Å²) in [5, 5.41) is 2.48. The Hall–Kier alpha value is -1.42. The number of hydrogen-bond donors (Lipinski definition) is 2. The number of halogens is 1. The van der Waals surface area contributed by atoms with Gasteiger partial charge in [0.05, 0.1) is 11.7 Å². The zero-order chi connectivity index (χ0) is 12.3. The highest BCUT2D eigenvalue weighted by Gasteiger charge is 2.27. The summed E-state index contributed by atoms with van der Waals surface area (Å²) in [5.74, 6) is -0.838. The first kappa shape index (κ1) is 12.6. The first-order chi connectivity index (χ1) is 7.32. The molecule has 0 fully saturated rings. The van der Waals surface area contributed by atoms with Gasteiger partial charge in [-0.05, 0) is 17.5 Å². The van der Waals surface area contributed by atoms with E-state index in [2.05, 4.69) is 5.32 Å². The largest absolute Gasteiger partial charge is 0.322 e. The smallest absolute Gasteiger partial charge is 0.241 e. The van der Waals surface area contributed by atoms with E-state index in [1.54, 1.807) is 12.1 Å². The van der Waals surface area contributed by atoms with E-state index in [1.165, 1.54) is 12.1 Å². The number of rotatable bonds is 2. The van der Waals surface area contributed by atoms with Crippen LogP contribution in [0.3, 0.4) is 0 Å². The fourth-order valence-corrected chi connectivity index (χ4v) is 1.17. The number of carbonyl (C=O) groups excluding carboxylic acids is 1. The maximum absolute atomic E-state index is 13.3. The predicted octanol–water partition coefficient (Wildman–Crippen LogP) is 2.14. The van der Waals surface area contributed by atoms with Crippen molar-refractivity contribution >= 4 is 11.6 Å². The van der Waals surface area contributed by atoms with Crippen molar-refractivity contribution in [2.75, 3.05) is 5.32 Å². The molecule has 1 amide bonds. The minimum Gasteiger partial charge on any atom is -0.322 e. The third kappa shape index (κ3) is 3.03. The molecule has 3 N–H and O–H groups in total. The molecule has 88 valence electrons. The number of para-hydroxylation sites is 1. The molecule has 1 aromatic carbocycles. The Morgan fingerprint density at radius 3 is 2.44 bits per heavy atom. The fraction of sp³-hybridized carbons (Fsp3) is 0.417. The van der Waals surface area contributed by atoms with Gasteiger partial charge in [-0.2, -0.15) is 0 Å². The van der Waals surface area contributed by atoms with Gasteiger partial charge in [0.25, 0.3) is 0 Å². The lowest BCUT2D eigenvalue weighted by Gasteiger charge is -2.25. The van der Waals surface area contributed by atoms with Crippen molar-refractivity contribution in [2.45, 2.75) is 26.8 Å². The minimum absolute atomic E-state index is 0.159. The minimum atomic E-state index is -0.674. The van der Waals surface area contributed by atoms with Crippen molar-refractivity contribution in [3.63, 3.8) is 0 Å². The molecule has 0 unspecified atom stereocenters. The Morgan fingerprint density at radius 2 is 1.94 bits per heavy atom. The fourth-order valence-electron chi connectivity index (χ4n) is 1.17. The highest BCUT2D eigenvalue weighted by Crippen LogP contribution is 2.19. The zero-order valence-electron chi connectivity index (χ0n) is 9.75. The first-order valence-corrected chi connectivity index (χ1v) is 5.13. The first-order valence-electron chi connectivity index (χ1n) is 5.13. The Morgan fingerprint density at radius 1 is 1.38 bits per heavy atom. The molecule has 0 aliphatic carbocycles. The van der Waals surface area contributed by atoms with Crippen LogP contribution in [-0.4, -0.2) is 11.9 Å². The SMILES string of the molecule is CC(C)(C)[C@@H](N)C(=O)Nc1ccccc1F. The average molecular weight is 224 g/mol. The van der Waals surface area contributed by atoms with E-state index in [0.29, 0.717) is 0 Å². The standard InChI is InChI=1S/C12H17FN2O/c1-12(2,3)10(14)11(16)15-9-7-5-4-6-8(9)13/h4-7,10H,14H2,1-3H3,(H,15,16)/t10-/m0/s1. The topological polar surface area (TPSA) is 55.1 Å². The van der Waals surface area contributed by atoms with E-state index >= 15 is 0 Å². The van der Waals surface area contributed by atoms with Crippen LogP contribution in [0.25, 0.3) is 0 Å². The lowest BCUT2D eigenvalue weighted by Crippen LogP contribution is -2.45. The van der Waals surface area contributed by atoms with Crippen molar-refractivity contribution < 1.29 is 9.18 Å². The van der Waals surface area contributed by atoms with Gasteiger partial charge in [-0.1, -0.05) is 32.9 Å². The van der Waals surface area contributed by atoms with Crippen molar-refractivity contribution in [3.05, 3.63) is 30.1 Å². The summed E-state index contributed by atoms with van der Waals surface area (Å²) in [7, 11) is 0. The molecule has 0 bridgehead atoms. The van der Waals surface area contributed by atoms with Gasteiger partial charge in [-0.3, -0.25) is 4.79 Å². The van der Waals surface area contributed by atoms with Crippen LogP contribution in [0.4, 0.5) is 10.1 Å². The van der Waals surface area contributed by atoms with Gasteiger partial charge in [0, 0.05) is 0 Å². The molecule has 0 heterocycles. The zero-order valence-corrected chi connectivity index (χ0v) is 9.75. The lowest BCUT2D eigenvalue weighted by atomic mass is 9.87. The highest BCUT2D eigenvalue weighted by molar-refractivity contribution is 5.95. The average Bonchev–Trinajstić information content (AvgIpc) is 2.19. The Bertz CT molecular complexity index is 385. The molecule has 4 heteroatoms. The van der Waals surface area contributed by atoms with Crippen LogP contribution in [0.5, 0.6) is 0 Å². The number of amides is 1. The van der Waals surface area contributed by atoms with Crippen molar-refractivity contribution in [3.8, 4) is 0 Å². The Kier molecular flexibility index (Phi) is 3.65. The number of nitrogens with one attached hydrogen (secondary N) is 1. The van der Waals surface area contributed by atoms with Crippen molar-refractivity contribution in [2.24, 2.45) is 11.1 Å². The molecule has 0 saturated carbocycles. The van der Waals surface area contributed by atoms with Crippen LogP contribution >= 0.6 is 0 Å². The van der Waals surface area contributed by atoms with Crippen LogP contribution in [0.2, 0.25) is 0 Å². The van der Waals surface area contributed by atoms with Crippen LogP contribution in [0, 0.1) is 11.2 Å². The molecule has 1 aromatic rings. The molecular formula is C12H17FN2O. The van der Waals surface area contributed by atoms with Crippen molar-refractivity contribution in [1.29, 1.82) is 0 Å². The summed E-state index contributed by atoms with van der Waals surface area (Å²) in [5.41, 5.74) is 5.57. The molecule has 1 rings (SSSR count). The number of hydrogen-bond acceptors (Lipinski definition) is 2. The summed E-state index contributed by atoms with van der Waals surface area (Å²) < 4.78 is 13.3. The normalized spacial score (nSPS) is 13.3.